The first-order chi connectivity index (χ1) is 15.1. The van der Waals surface area contributed by atoms with Gasteiger partial charge in [0, 0.05) is 10.9 Å². The van der Waals surface area contributed by atoms with Crippen molar-refractivity contribution < 1.29 is 19.1 Å². The van der Waals surface area contributed by atoms with E-state index in [0.29, 0.717) is 24.1 Å². The number of carbonyl (C=O) groups excluding carboxylic acids is 3. The van der Waals surface area contributed by atoms with Crippen molar-refractivity contribution in [1.29, 1.82) is 0 Å². The van der Waals surface area contributed by atoms with Crippen molar-refractivity contribution in [1.82, 2.24) is 15.1 Å². The molecule has 0 aliphatic heterocycles. The van der Waals surface area contributed by atoms with Crippen LogP contribution < -0.4 is 10.6 Å². The zero-order valence-electron chi connectivity index (χ0n) is 19.0. The topological polar surface area (TPSA) is 102 Å². The minimum atomic E-state index is -0.995. The number of aromatic nitrogens is 2. The maximum atomic E-state index is 13.0. The van der Waals surface area contributed by atoms with Crippen molar-refractivity contribution in [3.05, 3.63) is 12.3 Å². The van der Waals surface area contributed by atoms with Crippen LogP contribution in [0.25, 0.3) is 0 Å². The summed E-state index contributed by atoms with van der Waals surface area (Å²) in [5.74, 6) is 0.361. The van der Waals surface area contributed by atoms with Gasteiger partial charge in [-0.25, -0.2) is 4.68 Å². The molecule has 4 aliphatic carbocycles. The van der Waals surface area contributed by atoms with Gasteiger partial charge in [-0.3, -0.25) is 14.4 Å². The fourth-order valence-electron chi connectivity index (χ4n) is 6.21. The van der Waals surface area contributed by atoms with Crippen molar-refractivity contribution in [3.63, 3.8) is 0 Å². The molecule has 9 heteroatoms. The normalized spacial score (nSPS) is 32.2. The van der Waals surface area contributed by atoms with Crippen LogP contribution in [0.1, 0.15) is 71.8 Å². The fourth-order valence-corrected chi connectivity index (χ4v) is 6.91. The summed E-state index contributed by atoms with van der Waals surface area (Å²) < 4.78 is 6.98. The first-order valence-corrected chi connectivity index (χ1v) is 12.0. The van der Waals surface area contributed by atoms with Crippen molar-refractivity contribution in [2.75, 3.05) is 11.9 Å². The van der Waals surface area contributed by atoms with Crippen molar-refractivity contribution in [2.45, 2.75) is 82.7 Å². The van der Waals surface area contributed by atoms with Crippen molar-refractivity contribution in [3.8, 4) is 0 Å². The van der Waals surface area contributed by atoms with E-state index in [2.05, 4.69) is 15.7 Å². The number of hydrogen-bond donors (Lipinski definition) is 2. The van der Waals surface area contributed by atoms with Crippen LogP contribution in [-0.2, 0) is 19.1 Å². The summed E-state index contributed by atoms with van der Waals surface area (Å²) in [5.41, 5.74) is -0.469. The maximum Gasteiger partial charge on any atom is 0.326 e. The van der Waals surface area contributed by atoms with Crippen LogP contribution in [-0.4, -0.2) is 45.1 Å². The number of nitrogens with one attached hydrogen (secondary N) is 2. The van der Waals surface area contributed by atoms with Crippen LogP contribution in [0.5, 0.6) is 0 Å². The Bertz CT molecular complexity index is 886. The Morgan fingerprint density at radius 1 is 1.25 bits per heavy atom. The minimum Gasteiger partial charge on any atom is -0.451 e. The molecule has 4 atom stereocenters. The number of hydrogen-bond acceptors (Lipinski definition) is 5. The smallest absolute Gasteiger partial charge is 0.326 e. The number of halogens is 1. The monoisotopic (exact) mass is 464 g/mol. The predicted octanol–water partition coefficient (Wildman–Crippen LogP) is 3.42. The van der Waals surface area contributed by atoms with Gasteiger partial charge in [-0.1, -0.05) is 6.92 Å². The molecule has 0 saturated heterocycles. The Hall–Kier alpha value is -2.09. The summed E-state index contributed by atoms with van der Waals surface area (Å²) in [4.78, 5) is 37.6. The van der Waals surface area contributed by atoms with Crippen LogP contribution in [0, 0.1) is 17.3 Å². The molecule has 0 aromatic carbocycles. The van der Waals surface area contributed by atoms with Crippen molar-refractivity contribution >= 4 is 35.2 Å². The van der Waals surface area contributed by atoms with E-state index in [1.165, 1.54) is 6.92 Å². The second-order valence-electron chi connectivity index (χ2n) is 10.1. The van der Waals surface area contributed by atoms with Crippen LogP contribution >= 0.6 is 11.6 Å². The number of rotatable bonds is 8. The average Bonchev–Trinajstić information content (AvgIpc) is 3.17. The lowest BCUT2D eigenvalue weighted by Gasteiger charge is -2.59. The Balaban J connectivity index is 1.27. The molecule has 0 radical (unpaired) electrons. The lowest BCUT2D eigenvalue weighted by Crippen LogP contribution is -2.58. The largest absolute Gasteiger partial charge is 0.451 e. The van der Waals surface area contributed by atoms with Gasteiger partial charge in [0.1, 0.15) is 12.4 Å². The van der Waals surface area contributed by atoms with Gasteiger partial charge in [-0.05, 0) is 70.6 Å². The van der Waals surface area contributed by atoms with Crippen LogP contribution in [0.3, 0.4) is 0 Å². The van der Waals surface area contributed by atoms with Gasteiger partial charge in [0.25, 0.3) is 5.91 Å². The van der Waals surface area contributed by atoms with E-state index in [1.54, 1.807) is 16.9 Å². The second-order valence-corrected chi connectivity index (χ2v) is 10.9. The van der Waals surface area contributed by atoms with Crippen molar-refractivity contribution in [2.24, 2.45) is 17.3 Å². The molecule has 1 aromatic rings. The average molecular weight is 465 g/mol. The molecule has 4 fully saturated rings. The van der Waals surface area contributed by atoms with Gasteiger partial charge in [-0.15, -0.1) is 11.6 Å². The molecule has 8 nitrogen and oxygen atoms in total. The Labute approximate surface area is 193 Å². The third kappa shape index (κ3) is 4.51. The van der Waals surface area contributed by atoms with Gasteiger partial charge < -0.3 is 15.4 Å². The zero-order chi connectivity index (χ0) is 23.1. The molecule has 2 amide bonds. The van der Waals surface area contributed by atoms with E-state index in [9.17, 15) is 14.4 Å². The highest BCUT2D eigenvalue weighted by Gasteiger charge is 2.60. The van der Waals surface area contributed by atoms with E-state index in [4.69, 9.17) is 16.3 Å². The van der Waals surface area contributed by atoms with E-state index in [-0.39, 0.29) is 23.4 Å². The number of alkyl halides is 1. The van der Waals surface area contributed by atoms with Crippen LogP contribution in [0.4, 0.5) is 5.82 Å². The molecule has 0 spiro atoms. The highest BCUT2D eigenvalue weighted by molar-refractivity contribution is 6.24. The molecular weight excluding hydrogens is 432 g/mol. The number of anilines is 1. The fraction of sp³-hybridized carbons (Fsp3) is 0.739. The van der Waals surface area contributed by atoms with Gasteiger partial charge in [-0.2, -0.15) is 5.10 Å². The van der Waals surface area contributed by atoms with Gasteiger partial charge in [0.15, 0.2) is 6.10 Å². The molecule has 2 N–H and O–H groups in total. The van der Waals surface area contributed by atoms with Crippen LogP contribution in [0.15, 0.2) is 12.3 Å². The third-order valence-electron chi connectivity index (χ3n) is 7.47. The Morgan fingerprint density at radius 3 is 2.56 bits per heavy atom. The lowest BCUT2D eigenvalue weighted by atomic mass is 9.49. The zero-order valence-corrected chi connectivity index (χ0v) is 19.8. The van der Waals surface area contributed by atoms with Gasteiger partial charge >= 0.3 is 5.97 Å². The Morgan fingerprint density at radius 2 is 1.94 bits per heavy atom. The van der Waals surface area contributed by atoms with Crippen LogP contribution in [0.2, 0.25) is 0 Å². The Kier molecular flexibility index (Phi) is 6.27. The number of esters is 1. The summed E-state index contributed by atoms with van der Waals surface area (Å²) >= 11 is 6.81. The first-order valence-electron chi connectivity index (χ1n) is 11.6. The lowest BCUT2D eigenvalue weighted by molar-refractivity contribution is -0.155. The SMILES string of the molecule is CC[C@@H](C)n1nccc1NC(=O)[C@H](C)OC(=O)CNC(=O)C12C[C@H]3C[C@@H](CC(Cl)(C3)C1)C2. The summed E-state index contributed by atoms with van der Waals surface area (Å²) in [5, 5.41) is 9.74. The molecular formula is C23H33ClN4O4. The summed E-state index contributed by atoms with van der Waals surface area (Å²) in [6.07, 6.45) is 7.00. The molecule has 4 aliphatic rings. The third-order valence-corrected chi connectivity index (χ3v) is 7.91. The molecule has 176 valence electrons. The summed E-state index contributed by atoms with van der Waals surface area (Å²) in [6.45, 7) is 5.29. The molecule has 5 rings (SSSR count). The first kappa shape index (κ1) is 23.1. The standard InChI is InChI=1S/C23H33ClN4O4/c1-4-14(2)28-18(5-6-26-28)27-20(30)15(3)32-19(29)12-25-21(31)22-8-16-7-17(9-22)11-23(24,10-16)13-22/h5-6,14-17H,4,7-13H2,1-3H3,(H,25,31)(H,27,30)/t14-,15+,16-,17-,22?,23?/m1/s1. The van der Waals surface area contributed by atoms with Gasteiger partial charge in [0.05, 0.1) is 17.7 Å². The summed E-state index contributed by atoms with van der Waals surface area (Å²) in [6, 6.07) is 1.83. The predicted molar refractivity (Wildman–Crippen MR) is 120 cm³/mol. The summed E-state index contributed by atoms with van der Waals surface area (Å²) in [7, 11) is 0. The second kappa shape index (κ2) is 8.69. The molecule has 0 unspecified atom stereocenters. The molecule has 32 heavy (non-hydrogen) atoms. The minimum absolute atomic E-state index is 0.108. The van der Waals surface area contributed by atoms with E-state index < -0.39 is 23.4 Å². The molecule has 1 heterocycles. The number of nitrogens with zero attached hydrogens (tertiary/aromatic N) is 2. The van der Waals surface area contributed by atoms with E-state index >= 15 is 0 Å². The molecule has 4 saturated carbocycles. The maximum absolute atomic E-state index is 13.0. The molecule has 4 bridgehead atoms. The number of ether oxygens (including phenoxy) is 1. The number of carbonyl (C=O) groups is 3. The highest BCUT2D eigenvalue weighted by atomic mass is 35.5. The van der Waals surface area contributed by atoms with E-state index in [1.807, 2.05) is 13.8 Å². The van der Waals surface area contributed by atoms with E-state index in [0.717, 1.165) is 38.5 Å². The highest BCUT2D eigenvalue weighted by Crippen LogP contribution is 2.63. The quantitative estimate of drug-likeness (QED) is 0.453. The number of amides is 2. The molecule has 1 aromatic heterocycles. The van der Waals surface area contributed by atoms with Gasteiger partial charge in [0.2, 0.25) is 5.91 Å².